The van der Waals surface area contributed by atoms with Crippen LogP contribution in [0.2, 0.25) is 0 Å². The number of hydrogen-bond acceptors (Lipinski definition) is 5. The summed E-state index contributed by atoms with van der Waals surface area (Å²) in [5, 5.41) is 6.74. The first-order valence-corrected chi connectivity index (χ1v) is 9.52. The molecule has 1 aromatic rings. The molecule has 0 spiro atoms. The van der Waals surface area contributed by atoms with Gasteiger partial charge in [0.15, 0.2) is 5.96 Å². The van der Waals surface area contributed by atoms with Crippen LogP contribution in [0.5, 0.6) is 0 Å². The molecule has 0 bridgehead atoms. The van der Waals surface area contributed by atoms with Crippen molar-refractivity contribution in [1.29, 1.82) is 0 Å². The highest BCUT2D eigenvalue weighted by Crippen LogP contribution is 2.22. The largest absolute Gasteiger partial charge is 0.443 e. The zero-order valence-corrected chi connectivity index (χ0v) is 17.2. The Morgan fingerprint density at radius 3 is 2.46 bits per heavy atom. The summed E-state index contributed by atoms with van der Waals surface area (Å²) in [5.74, 6) is 2.30. The van der Waals surface area contributed by atoms with Gasteiger partial charge in [-0.05, 0) is 20.8 Å². The summed E-state index contributed by atoms with van der Waals surface area (Å²) in [6.45, 7) is 18.5. The number of nitrogens with one attached hydrogen (secondary N) is 2. The van der Waals surface area contributed by atoms with Crippen molar-refractivity contribution >= 4 is 5.96 Å². The Labute approximate surface area is 157 Å². The molecule has 0 aromatic carbocycles. The predicted octanol–water partition coefficient (Wildman–Crippen LogP) is 2.14. The van der Waals surface area contributed by atoms with Gasteiger partial charge in [0, 0.05) is 37.1 Å². The highest BCUT2D eigenvalue weighted by molar-refractivity contribution is 5.79. The Hall–Kier alpha value is -1.60. The molecule has 2 rings (SSSR count). The molecule has 7 heteroatoms. The molecule has 0 saturated carbocycles. The molecule has 1 aliphatic rings. The van der Waals surface area contributed by atoms with Crippen molar-refractivity contribution < 1.29 is 9.15 Å². The van der Waals surface area contributed by atoms with Gasteiger partial charge in [-0.25, -0.2) is 9.98 Å². The second kappa shape index (κ2) is 8.86. The van der Waals surface area contributed by atoms with Gasteiger partial charge in [-0.15, -0.1) is 0 Å². The maximum Gasteiger partial charge on any atom is 0.216 e. The summed E-state index contributed by atoms with van der Waals surface area (Å²) < 4.78 is 11.3. The van der Waals surface area contributed by atoms with Gasteiger partial charge in [-0.2, -0.15) is 0 Å². The van der Waals surface area contributed by atoms with E-state index in [9.17, 15) is 0 Å². The molecule has 26 heavy (non-hydrogen) atoms. The van der Waals surface area contributed by atoms with Crippen molar-refractivity contribution in [3.8, 4) is 0 Å². The molecule has 1 saturated heterocycles. The quantitative estimate of drug-likeness (QED) is 0.594. The Balaban J connectivity index is 1.94. The standard InChI is InChI=1S/C19H35N5O2/c1-7-20-17(22-13-16-21-12-15(26-16)18(2,3)4)23-14-19(5,6)24-8-10-25-11-9-24/h12H,7-11,13-14H2,1-6H3,(H2,20,22,23). The molecular weight excluding hydrogens is 330 g/mol. The average Bonchev–Trinajstić information content (AvgIpc) is 3.07. The lowest BCUT2D eigenvalue weighted by molar-refractivity contribution is -0.00834. The minimum Gasteiger partial charge on any atom is -0.443 e. The maximum atomic E-state index is 5.82. The normalized spacial score (nSPS) is 17.4. The number of aliphatic imine (C=N–C) groups is 1. The summed E-state index contributed by atoms with van der Waals surface area (Å²) in [6, 6.07) is 0. The second-order valence-corrected chi connectivity index (χ2v) is 8.33. The smallest absolute Gasteiger partial charge is 0.216 e. The summed E-state index contributed by atoms with van der Waals surface area (Å²) in [7, 11) is 0. The first kappa shape index (κ1) is 20.7. The lowest BCUT2D eigenvalue weighted by atomic mass is 9.94. The van der Waals surface area contributed by atoms with Crippen molar-refractivity contribution in [3.05, 3.63) is 17.8 Å². The van der Waals surface area contributed by atoms with Crippen molar-refractivity contribution in [2.75, 3.05) is 39.4 Å². The van der Waals surface area contributed by atoms with Gasteiger partial charge >= 0.3 is 0 Å². The third-order valence-corrected chi connectivity index (χ3v) is 4.57. The van der Waals surface area contributed by atoms with Crippen molar-refractivity contribution in [3.63, 3.8) is 0 Å². The fourth-order valence-electron chi connectivity index (χ4n) is 2.80. The Kier molecular flexibility index (Phi) is 7.06. The fourth-order valence-corrected chi connectivity index (χ4v) is 2.80. The number of morpholine rings is 1. The van der Waals surface area contributed by atoms with Gasteiger partial charge < -0.3 is 19.8 Å². The number of nitrogens with zero attached hydrogens (tertiary/aromatic N) is 3. The van der Waals surface area contributed by atoms with Crippen LogP contribution in [-0.2, 0) is 16.7 Å². The van der Waals surface area contributed by atoms with E-state index in [0.29, 0.717) is 12.4 Å². The van der Waals surface area contributed by atoms with Crippen LogP contribution in [0, 0.1) is 0 Å². The van der Waals surface area contributed by atoms with E-state index in [4.69, 9.17) is 9.15 Å². The third kappa shape index (κ3) is 5.99. The molecule has 148 valence electrons. The molecule has 1 aliphatic heterocycles. The van der Waals surface area contributed by atoms with Crippen LogP contribution >= 0.6 is 0 Å². The molecule has 2 N–H and O–H groups in total. The van der Waals surface area contributed by atoms with Crippen LogP contribution in [0.25, 0.3) is 0 Å². The van der Waals surface area contributed by atoms with Gasteiger partial charge in [-0.1, -0.05) is 20.8 Å². The lowest BCUT2D eigenvalue weighted by Gasteiger charge is -2.41. The van der Waals surface area contributed by atoms with Gasteiger partial charge in [0.1, 0.15) is 12.3 Å². The van der Waals surface area contributed by atoms with E-state index in [1.165, 1.54) is 0 Å². The number of rotatable bonds is 6. The molecule has 0 atom stereocenters. The van der Waals surface area contributed by atoms with Gasteiger partial charge in [0.05, 0.1) is 19.4 Å². The number of ether oxygens (including phenoxy) is 1. The average molecular weight is 366 g/mol. The van der Waals surface area contributed by atoms with Crippen LogP contribution < -0.4 is 10.6 Å². The Morgan fingerprint density at radius 2 is 1.88 bits per heavy atom. The van der Waals surface area contributed by atoms with E-state index in [1.807, 2.05) is 0 Å². The Bertz CT molecular complexity index is 583. The zero-order valence-electron chi connectivity index (χ0n) is 17.2. The SMILES string of the molecule is CCNC(=NCc1ncc(C(C)(C)C)o1)NCC(C)(C)N1CCOCC1. The molecule has 0 radical (unpaired) electrons. The van der Waals surface area contributed by atoms with Gasteiger partial charge in [-0.3, -0.25) is 4.90 Å². The molecule has 2 heterocycles. The molecular formula is C19H35N5O2. The van der Waals surface area contributed by atoms with E-state index in [-0.39, 0.29) is 11.0 Å². The topological polar surface area (TPSA) is 74.9 Å². The maximum absolute atomic E-state index is 5.82. The number of guanidine groups is 1. The molecule has 0 amide bonds. The Morgan fingerprint density at radius 1 is 1.19 bits per heavy atom. The second-order valence-electron chi connectivity index (χ2n) is 8.33. The minimum atomic E-state index is -0.0418. The van der Waals surface area contributed by atoms with E-state index in [0.717, 1.165) is 51.1 Å². The summed E-state index contributed by atoms with van der Waals surface area (Å²) >= 11 is 0. The molecule has 0 unspecified atom stereocenters. The van der Waals surface area contributed by atoms with Crippen LogP contribution in [0.4, 0.5) is 0 Å². The lowest BCUT2D eigenvalue weighted by Crippen LogP contribution is -2.56. The van der Waals surface area contributed by atoms with Crippen LogP contribution in [0.3, 0.4) is 0 Å². The molecule has 0 aliphatic carbocycles. The number of aromatic nitrogens is 1. The van der Waals surface area contributed by atoms with Crippen LogP contribution in [-0.4, -0.2) is 60.8 Å². The molecule has 1 fully saturated rings. The van der Waals surface area contributed by atoms with E-state index < -0.39 is 0 Å². The summed E-state index contributed by atoms with van der Waals surface area (Å²) in [4.78, 5) is 11.4. The van der Waals surface area contributed by atoms with Gasteiger partial charge in [0.2, 0.25) is 5.89 Å². The first-order valence-electron chi connectivity index (χ1n) is 9.52. The first-order chi connectivity index (χ1) is 12.2. The monoisotopic (exact) mass is 365 g/mol. The zero-order chi connectivity index (χ0) is 19.2. The van der Waals surface area contributed by atoms with Crippen molar-refractivity contribution in [1.82, 2.24) is 20.5 Å². The van der Waals surface area contributed by atoms with Crippen molar-refractivity contribution in [2.24, 2.45) is 4.99 Å². The number of oxazole rings is 1. The summed E-state index contributed by atoms with van der Waals surface area (Å²) in [5.41, 5.74) is -0.0117. The fraction of sp³-hybridized carbons (Fsp3) is 0.789. The highest BCUT2D eigenvalue weighted by Gasteiger charge is 2.28. The number of hydrogen-bond donors (Lipinski definition) is 2. The highest BCUT2D eigenvalue weighted by atomic mass is 16.5. The predicted molar refractivity (Wildman–Crippen MR) is 104 cm³/mol. The van der Waals surface area contributed by atoms with E-state index >= 15 is 0 Å². The van der Waals surface area contributed by atoms with E-state index in [2.05, 4.69) is 67.1 Å². The molecule has 7 nitrogen and oxygen atoms in total. The van der Waals surface area contributed by atoms with Crippen LogP contribution in [0.1, 0.15) is 53.2 Å². The van der Waals surface area contributed by atoms with E-state index in [1.54, 1.807) is 6.20 Å². The summed E-state index contributed by atoms with van der Waals surface area (Å²) in [6.07, 6.45) is 1.80. The third-order valence-electron chi connectivity index (χ3n) is 4.57. The molecule has 1 aromatic heterocycles. The van der Waals surface area contributed by atoms with Crippen molar-refractivity contribution in [2.45, 2.75) is 59.0 Å². The van der Waals surface area contributed by atoms with Gasteiger partial charge in [0.25, 0.3) is 0 Å². The minimum absolute atomic E-state index is 0.0301. The van der Waals surface area contributed by atoms with Crippen LogP contribution in [0.15, 0.2) is 15.6 Å².